The van der Waals surface area contributed by atoms with Crippen LogP contribution in [-0.4, -0.2) is 16.2 Å². The molecule has 0 aromatic rings. The van der Waals surface area contributed by atoms with Gasteiger partial charge in [-0.3, -0.25) is 0 Å². The molecule has 64 valence electrons. The molecule has 11 heavy (non-hydrogen) atoms. The lowest BCUT2D eigenvalue weighted by Gasteiger charge is -2.00. The molecule has 0 aromatic heterocycles. The molecule has 0 unspecified atom stereocenters. The zero-order valence-electron chi connectivity index (χ0n) is 6.92. The molecule has 0 fully saturated rings. The fraction of sp³-hybridized carbons (Fsp3) is 0.625. The van der Waals surface area contributed by atoms with Crippen molar-refractivity contribution in [2.75, 3.05) is 0 Å². The number of rotatable bonds is 4. The minimum atomic E-state index is -1.04. The third-order valence-corrected chi connectivity index (χ3v) is 1.52. The predicted octanol–water partition coefficient (Wildman–Crippen LogP) is 2.09. The highest BCUT2D eigenvalue weighted by Gasteiger charge is 2.06. The molecule has 0 aliphatic rings. The average Bonchev–Trinajstić information content (AvgIpc) is 1.98. The zero-order valence-corrected chi connectivity index (χ0v) is 6.92. The van der Waals surface area contributed by atoms with Crippen molar-refractivity contribution in [2.45, 2.75) is 33.1 Å². The summed E-state index contributed by atoms with van der Waals surface area (Å²) in [5, 5.41) is 17.6. The molecule has 0 heterocycles. The number of hydrogen-bond acceptors (Lipinski definition) is 2. The second kappa shape index (κ2) is 4.77. The van der Waals surface area contributed by atoms with Crippen LogP contribution >= 0.6 is 0 Å². The van der Waals surface area contributed by atoms with E-state index in [0.29, 0.717) is 6.42 Å². The van der Waals surface area contributed by atoms with Crippen molar-refractivity contribution in [1.82, 2.24) is 0 Å². The van der Waals surface area contributed by atoms with Crippen LogP contribution in [0.4, 0.5) is 0 Å². The van der Waals surface area contributed by atoms with E-state index in [2.05, 4.69) is 0 Å². The lowest BCUT2D eigenvalue weighted by molar-refractivity contribution is -0.132. The Bertz CT molecular complexity index is 170. The molecule has 0 saturated heterocycles. The fourth-order valence-electron chi connectivity index (χ4n) is 0.655. The molecule has 0 saturated carbocycles. The Morgan fingerprint density at radius 3 is 2.27 bits per heavy atom. The number of carbonyl (C=O) groups is 1. The smallest absolute Gasteiger partial charge is 0.334 e. The van der Waals surface area contributed by atoms with Crippen molar-refractivity contribution in [3.05, 3.63) is 11.3 Å². The fourth-order valence-corrected chi connectivity index (χ4v) is 0.655. The predicted molar refractivity (Wildman–Crippen MR) is 42.5 cm³/mol. The third-order valence-electron chi connectivity index (χ3n) is 1.52. The van der Waals surface area contributed by atoms with E-state index < -0.39 is 5.97 Å². The van der Waals surface area contributed by atoms with Crippen LogP contribution < -0.4 is 0 Å². The maximum absolute atomic E-state index is 10.3. The molecule has 3 nitrogen and oxygen atoms in total. The van der Waals surface area contributed by atoms with Gasteiger partial charge in [0.15, 0.2) is 0 Å². The lowest BCUT2D eigenvalue weighted by Crippen LogP contribution is -2.00. The van der Waals surface area contributed by atoms with Crippen LogP contribution in [-0.2, 0) is 4.79 Å². The molecule has 3 heteroatoms. The van der Waals surface area contributed by atoms with Gasteiger partial charge in [0.1, 0.15) is 5.76 Å². The first-order valence-corrected chi connectivity index (χ1v) is 3.71. The van der Waals surface area contributed by atoms with Crippen molar-refractivity contribution >= 4 is 5.97 Å². The number of aliphatic carboxylic acids is 1. The molecule has 0 rings (SSSR count). The Morgan fingerprint density at radius 1 is 1.36 bits per heavy atom. The van der Waals surface area contributed by atoms with Crippen LogP contribution in [0.3, 0.4) is 0 Å². The van der Waals surface area contributed by atoms with Gasteiger partial charge in [-0.05, 0) is 13.3 Å². The molecule has 0 amide bonds. The molecule has 0 aliphatic carbocycles. The van der Waals surface area contributed by atoms with Crippen LogP contribution in [0.25, 0.3) is 0 Å². The summed E-state index contributed by atoms with van der Waals surface area (Å²) in [6.45, 7) is 3.40. The molecule has 0 spiro atoms. The monoisotopic (exact) mass is 158 g/mol. The lowest BCUT2D eigenvalue weighted by atomic mass is 10.1. The van der Waals surface area contributed by atoms with Gasteiger partial charge >= 0.3 is 5.97 Å². The van der Waals surface area contributed by atoms with Crippen LogP contribution in [0.2, 0.25) is 0 Å². The first-order chi connectivity index (χ1) is 5.09. The van der Waals surface area contributed by atoms with E-state index in [1.165, 1.54) is 6.92 Å². The maximum Gasteiger partial charge on any atom is 0.334 e. The minimum Gasteiger partial charge on any atom is -0.512 e. The second-order valence-electron chi connectivity index (χ2n) is 2.48. The van der Waals surface area contributed by atoms with Crippen molar-refractivity contribution in [3.63, 3.8) is 0 Å². The third kappa shape index (κ3) is 3.65. The second-order valence-corrected chi connectivity index (χ2v) is 2.48. The Kier molecular flexibility index (Phi) is 4.34. The highest BCUT2D eigenvalue weighted by Crippen LogP contribution is 2.08. The molecule has 0 aliphatic heterocycles. The SMILES string of the molecule is CCCC/C(O)=C(/C)C(=O)O. The molecule has 0 radical (unpaired) electrons. The van der Waals surface area contributed by atoms with E-state index in [-0.39, 0.29) is 11.3 Å². The van der Waals surface area contributed by atoms with E-state index in [0.717, 1.165) is 12.8 Å². The zero-order chi connectivity index (χ0) is 8.85. The molecule has 2 N–H and O–H groups in total. The average molecular weight is 158 g/mol. The largest absolute Gasteiger partial charge is 0.512 e. The molecule has 0 atom stereocenters. The summed E-state index contributed by atoms with van der Waals surface area (Å²) in [5.74, 6) is -1.04. The van der Waals surface area contributed by atoms with Crippen molar-refractivity contribution in [3.8, 4) is 0 Å². The first kappa shape index (κ1) is 10.0. The number of aliphatic hydroxyl groups is 1. The maximum atomic E-state index is 10.3. The summed E-state index contributed by atoms with van der Waals surface area (Å²) in [4.78, 5) is 10.3. The summed E-state index contributed by atoms with van der Waals surface area (Å²) < 4.78 is 0. The molecule has 0 aromatic carbocycles. The number of carboxylic acid groups (broad SMARTS) is 1. The van der Waals surface area contributed by atoms with Gasteiger partial charge in [0, 0.05) is 6.42 Å². The van der Waals surface area contributed by atoms with E-state index in [1.54, 1.807) is 0 Å². The van der Waals surface area contributed by atoms with E-state index >= 15 is 0 Å². The van der Waals surface area contributed by atoms with Crippen molar-refractivity contribution < 1.29 is 15.0 Å². The van der Waals surface area contributed by atoms with E-state index in [1.807, 2.05) is 6.92 Å². The number of allylic oxidation sites excluding steroid dienone is 1. The summed E-state index contributed by atoms with van der Waals surface area (Å²) in [6.07, 6.45) is 2.25. The van der Waals surface area contributed by atoms with Gasteiger partial charge in [0.05, 0.1) is 5.57 Å². The van der Waals surface area contributed by atoms with Gasteiger partial charge in [-0.15, -0.1) is 0 Å². The highest BCUT2D eigenvalue weighted by atomic mass is 16.4. The number of aliphatic hydroxyl groups excluding tert-OH is 1. The highest BCUT2D eigenvalue weighted by molar-refractivity contribution is 5.86. The van der Waals surface area contributed by atoms with Crippen LogP contribution in [0, 0.1) is 0 Å². The Morgan fingerprint density at radius 2 is 1.91 bits per heavy atom. The molecule has 0 bridgehead atoms. The standard InChI is InChI=1S/C8H14O3/c1-3-4-5-7(9)6(2)8(10)11/h9H,3-5H2,1-2H3,(H,10,11)/b7-6+. The first-order valence-electron chi connectivity index (χ1n) is 3.71. The number of carboxylic acids is 1. The van der Waals surface area contributed by atoms with E-state index in [9.17, 15) is 4.79 Å². The topological polar surface area (TPSA) is 57.5 Å². The van der Waals surface area contributed by atoms with Crippen LogP contribution in [0.15, 0.2) is 11.3 Å². The van der Waals surface area contributed by atoms with Gasteiger partial charge in [-0.25, -0.2) is 4.79 Å². The Balaban J connectivity index is 4.05. The van der Waals surface area contributed by atoms with Crippen molar-refractivity contribution in [2.24, 2.45) is 0 Å². The molecular weight excluding hydrogens is 144 g/mol. The van der Waals surface area contributed by atoms with Gasteiger partial charge < -0.3 is 10.2 Å². The summed E-state index contributed by atoms with van der Waals surface area (Å²) in [5.41, 5.74) is 0.0541. The quantitative estimate of drug-likeness (QED) is 0.486. The van der Waals surface area contributed by atoms with Gasteiger partial charge in [0.2, 0.25) is 0 Å². The van der Waals surface area contributed by atoms with Gasteiger partial charge in [-0.1, -0.05) is 13.3 Å². The van der Waals surface area contributed by atoms with Gasteiger partial charge in [-0.2, -0.15) is 0 Å². The summed E-state index contributed by atoms with van der Waals surface area (Å²) in [6, 6.07) is 0. The van der Waals surface area contributed by atoms with Crippen LogP contribution in [0.1, 0.15) is 33.1 Å². The normalized spacial score (nSPS) is 12.5. The summed E-state index contributed by atoms with van der Waals surface area (Å²) in [7, 11) is 0. The van der Waals surface area contributed by atoms with Crippen molar-refractivity contribution in [1.29, 1.82) is 0 Å². The number of hydrogen-bond donors (Lipinski definition) is 2. The number of unbranched alkanes of at least 4 members (excludes halogenated alkanes) is 1. The minimum absolute atomic E-state index is 0.000602. The molecular formula is C8H14O3. The van der Waals surface area contributed by atoms with Crippen LogP contribution in [0.5, 0.6) is 0 Å². The summed E-state index contributed by atoms with van der Waals surface area (Å²) >= 11 is 0. The Hall–Kier alpha value is -0.990. The van der Waals surface area contributed by atoms with E-state index in [4.69, 9.17) is 10.2 Å². The van der Waals surface area contributed by atoms with Gasteiger partial charge in [0.25, 0.3) is 0 Å². The Labute approximate surface area is 66.4 Å².